The maximum Gasteiger partial charge on any atom is 0.183 e. The molecule has 0 aliphatic heterocycles. The van der Waals surface area contributed by atoms with E-state index in [1.54, 1.807) is 4.68 Å². The molecule has 0 saturated carbocycles. The molecule has 2 aromatic heterocycles. The minimum absolute atomic E-state index is 0.00717. The van der Waals surface area contributed by atoms with E-state index in [0.717, 1.165) is 0 Å². The number of nitrogens with two attached hydrogens (primary N) is 1. The minimum atomic E-state index is 0.00717. The van der Waals surface area contributed by atoms with Crippen molar-refractivity contribution in [2.24, 2.45) is 0 Å². The van der Waals surface area contributed by atoms with Crippen molar-refractivity contribution in [2.75, 3.05) is 25.6 Å². The quantitative estimate of drug-likeness (QED) is 0.614. The zero-order valence-electron chi connectivity index (χ0n) is 8.57. The molecule has 3 N–H and O–H groups in total. The second-order valence-electron chi connectivity index (χ2n) is 3.08. The Morgan fingerprint density at radius 1 is 1.38 bits per heavy atom. The normalized spacial score (nSPS) is 11.1. The number of aromatic nitrogens is 5. The Labute approximate surface area is 91.1 Å². The van der Waals surface area contributed by atoms with E-state index >= 15 is 0 Å². The van der Waals surface area contributed by atoms with Crippen molar-refractivity contribution in [1.29, 1.82) is 0 Å². The number of nitrogen functional groups attached to an aromatic ring is 1. The lowest BCUT2D eigenvalue weighted by Crippen LogP contribution is -2.10. The summed E-state index contributed by atoms with van der Waals surface area (Å²) < 4.78 is 6.71. The van der Waals surface area contributed by atoms with Crippen LogP contribution in [0.3, 0.4) is 0 Å². The van der Waals surface area contributed by atoms with Gasteiger partial charge in [-0.1, -0.05) is 5.21 Å². The third-order valence-corrected chi connectivity index (χ3v) is 2.01. The molecule has 0 aliphatic carbocycles. The van der Waals surface area contributed by atoms with Crippen molar-refractivity contribution in [2.45, 2.75) is 6.54 Å². The van der Waals surface area contributed by atoms with Crippen molar-refractivity contribution >= 4 is 17.0 Å². The maximum absolute atomic E-state index is 8.53. The molecule has 8 nitrogen and oxygen atoms in total. The highest BCUT2D eigenvalue weighted by molar-refractivity contribution is 5.80. The number of ether oxygens (including phenoxy) is 1. The van der Waals surface area contributed by atoms with Crippen LogP contribution in [0.2, 0.25) is 0 Å². The van der Waals surface area contributed by atoms with Crippen LogP contribution in [0.25, 0.3) is 11.2 Å². The van der Waals surface area contributed by atoms with Crippen LogP contribution < -0.4 is 5.73 Å². The number of nitrogens with zero attached hydrogens (tertiary/aromatic N) is 5. The van der Waals surface area contributed by atoms with Crippen LogP contribution in [-0.2, 0) is 11.3 Å². The Kier molecular flexibility index (Phi) is 3.22. The lowest BCUT2D eigenvalue weighted by molar-refractivity contribution is 0.0856. The molecule has 86 valence electrons. The van der Waals surface area contributed by atoms with Crippen molar-refractivity contribution in [3.63, 3.8) is 0 Å². The van der Waals surface area contributed by atoms with Crippen molar-refractivity contribution in [3.8, 4) is 0 Å². The zero-order chi connectivity index (χ0) is 11.4. The molecule has 0 radical (unpaired) electrons. The van der Waals surface area contributed by atoms with Crippen LogP contribution >= 0.6 is 0 Å². The highest BCUT2D eigenvalue weighted by Crippen LogP contribution is 2.11. The highest BCUT2D eigenvalue weighted by Gasteiger charge is 2.08. The fraction of sp³-hybridized carbons (Fsp3) is 0.500. The van der Waals surface area contributed by atoms with E-state index in [2.05, 4.69) is 20.3 Å². The molecule has 8 heteroatoms. The lowest BCUT2D eigenvalue weighted by Gasteiger charge is -2.02. The number of aliphatic hydroxyl groups excluding tert-OH is 1. The molecule has 0 bridgehead atoms. The molecule has 0 atom stereocenters. The fourth-order valence-corrected chi connectivity index (χ4v) is 1.28. The smallest absolute Gasteiger partial charge is 0.183 e. The third kappa shape index (κ3) is 2.07. The van der Waals surface area contributed by atoms with Crippen LogP contribution in [0.1, 0.15) is 0 Å². The summed E-state index contributed by atoms with van der Waals surface area (Å²) in [5, 5.41) is 16.3. The summed E-state index contributed by atoms with van der Waals surface area (Å²) in [4.78, 5) is 7.86. The van der Waals surface area contributed by atoms with Crippen LogP contribution in [-0.4, -0.2) is 49.9 Å². The Morgan fingerprint density at radius 3 is 3.06 bits per heavy atom. The molecule has 0 amide bonds. The summed E-state index contributed by atoms with van der Waals surface area (Å²) in [5.74, 6) is 0.313. The summed E-state index contributed by atoms with van der Waals surface area (Å²) >= 11 is 0. The molecule has 2 heterocycles. The summed E-state index contributed by atoms with van der Waals surface area (Å²) in [6.45, 7) is 1.26. The van der Waals surface area contributed by atoms with E-state index in [1.807, 2.05) is 0 Å². The van der Waals surface area contributed by atoms with Gasteiger partial charge in [0.25, 0.3) is 0 Å². The van der Waals surface area contributed by atoms with Crippen molar-refractivity contribution < 1.29 is 9.84 Å². The van der Waals surface area contributed by atoms with Gasteiger partial charge < -0.3 is 15.6 Å². The molecule has 0 spiro atoms. The van der Waals surface area contributed by atoms with Crippen LogP contribution in [0.5, 0.6) is 0 Å². The van der Waals surface area contributed by atoms with E-state index in [4.69, 9.17) is 15.6 Å². The number of hydrogen-bond donors (Lipinski definition) is 2. The summed E-state index contributed by atoms with van der Waals surface area (Å²) in [6.07, 6.45) is 1.37. The maximum atomic E-state index is 8.53. The van der Waals surface area contributed by atoms with Crippen molar-refractivity contribution in [3.05, 3.63) is 6.33 Å². The topological polar surface area (TPSA) is 112 Å². The highest BCUT2D eigenvalue weighted by atomic mass is 16.5. The van der Waals surface area contributed by atoms with Crippen LogP contribution in [0.15, 0.2) is 6.33 Å². The van der Waals surface area contributed by atoms with Gasteiger partial charge in [-0.05, 0) is 0 Å². The van der Waals surface area contributed by atoms with E-state index in [0.29, 0.717) is 36.7 Å². The minimum Gasteiger partial charge on any atom is -0.394 e. The lowest BCUT2D eigenvalue weighted by atomic mass is 10.5. The third-order valence-electron chi connectivity index (χ3n) is 2.01. The second kappa shape index (κ2) is 4.81. The van der Waals surface area contributed by atoms with Gasteiger partial charge in [0, 0.05) is 0 Å². The first-order valence-electron chi connectivity index (χ1n) is 4.81. The Balaban J connectivity index is 2.10. The molecular weight excluding hydrogens is 212 g/mol. The van der Waals surface area contributed by atoms with Gasteiger partial charge in [0.05, 0.1) is 26.4 Å². The molecule has 0 fully saturated rings. The van der Waals surface area contributed by atoms with Gasteiger partial charge in [0.2, 0.25) is 0 Å². The summed E-state index contributed by atoms with van der Waals surface area (Å²) in [6, 6.07) is 0. The zero-order valence-corrected chi connectivity index (χ0v) is 8.57. The predicted molar refractivity (Wildman–Crippen MR) is 55.4 cm³/mol. The van der Waals surface area contributed by atoms with Crippen LogP contribution in [0.4, 0.5) is 5.82 Å². The average Bonchev–Trinajstić information content (AvgIpc) is 2.70. The van der Waals surface area contributed by atoms with E-state index in [9.17, 15) is 0 Å². The van der Waals surface area contributed by atoms with E-state index in [1.165, 1.54) is 6.33 Å². The molecular formula is C8H12N6O2. The molecule has 0 unspecified atom stereocenters. The second-order valence-corrected chi connectivity index (χ2v) is 3.08. The number of anilines is 1. The number of hydrogen-bond acceptors (Lipinski definition) is 7. The molecule has 16 heavy (non-hydrogen) atoms. The number of aliphatic hydroxyl groups is 1. The van der Waals surface area contributed by atoms with Gasteiger partial charge in [0.1, 0.15) is 6.33 Å². The standard InChI is InChI=1S/C8H12N6O2/c9-7-6-8(11-5-10-7)14(13-12-6)1-3-16-4-2-15/h5,15H,1-4H2,(H2,9,10,11). The van der Waals surface area contributed by atoms with E-state index in [-0.39, 0.29) is 6.61 Å². The largest absolute Gasteiger partial charge is 0.394 e. The number of fused-ring (bicyclic) bond motifs is 1. The SMILES string of the molecule is Nc1ncnc2c1nnn2CCOCCO. The van der Waals surface area contributed by atoms with E-state index < -0.39 is 0 Å². The molecule has 0 saturated heterocycles. The molecule has 0 aliphatic rings. The van der Waals surface area contributed by atoms with Crippen molar-refractivity contribution in [1.82, 2.24) is 25.0 Å². The number of rotatable bonds is 5. The van der Waals surface area contributed by atoms with Gasteiger partial charge in [-0.2, -0.15) is 0 Å². The molecule has 2 aromatic rings. The first-order valence-corrected chi connectivity index (χ1v) is 4.81. The monoisotopic (exact) mass is 224 g/mol. The Hall–Kier alpha value is -1.80. The van der Waals surface area contributed by atoms with Gasteiger partial charge in [0.15, 0.2) is 17.0 Å². The molecule has 0 aromatic carbocycles. The fourth-order valence-electron chi connectivity index (χ4n) is 1.28. The molecule has 2 rings (SSSR count). The Bertz CT molecular complexity index is 470. The van der Waals surface area contributed by atoms with Gasteiger partial charge in [-0.15, -0.1) is 5.10 Å². The first kappa shape index (κ1) is 10.7. The summed E-state index contributed by atoms with van der Waals surface area (Å²) in [7, 11) is 0. The van der Waals surface area contributed by atoms with Gasteiger partial charge >= 0.3 is 0 Å². The summed E-state index contributed by atoms with van der Waals surface area (Å²) in [5.41, 5.74) is 6.69. The van der Waals surface area contributed by atoms with Crippen LogP contribution in [0, 0.1) is 0 Å². The van der Waals surface area contributed by atoms with Gasteiger partial charge in [-0.25, -0.2) is 14.6 Å². The predicted octanol–water partition coefficient (Wildman–Crippen LogP) is -1.19. The first-order chi connectivity index (χ1) is 7.83. The van der Waals surface area contributed by atoms with Gasteiger partial charge in [-0.3, -0.25) is 0 Å². The Morgan fingerprint density at radius 2 is 2.25 bits per heavy atom. The average molecular weight is 224 g/mol.